The number of aryl methyl sites for hydroxylation is 1. The number of hydrogen-bond donors (Lipinski definition) is 1. The van der Waals surface area contributed by atoms with Crippen molar-refractivity contribution < 1.29 is 45.4 Å². The molecule has 0 aromatic heterocycles. The third kappa shape index (κ3) is 7.91. The third-order valence-corrected chi connectivity index (χ3v) is 7.03. The molecule has 0 radical (unpaired) electrons. The fourth-order valence-corrected chi connectivity index (χ4v) is 5.65. The number of primary amides is 1. The summed E-state index contributed by atoms with van der Waals surface area (Å²) < 4.78 is 83.5. The summed E-state index contributed by atoms with van der Waals surface area (Å²) in [6.45, 7) is 7.50. The number of alkyl halides is 3. The standard InChI is InChI=1S/C21H23F4NO3Si.C8H7FO2/c1-12-9-13(22)5-6-17(12)28-18-11-15(21(23,24)25)14(19(26)27)10-16(18)20(7-8-20)29-30(2,3)4;1-11-8(10)6-4-2-3-5-7(6)9/h5-6,9-11H,7-8H2,1-4H3,(H2,26,27);2-5H,1H3. The van der Waals surface area contributed by atoms with Gasteiger partial charge in [-0.3, -0.25) is 4.79 Å². The van der Waals surface area contributed by atoms with Crippen LogP contribution < -0.4 is 10.5 Å². The molecule has 4 rings (SSSR count). The lowest BCUT2D eigenvalue weighted by Gasteiger charge is -2.29. The second-order valence-electron chi connectivity index (χ2n) is 10.4. The molecule has 0 saturated heterocycles. The summed E-state index contributed by atoms with van der Waals surface area (Å²) >= 11 is 0. The molecule has 1 amide bonds. The van der Waals surface area contributed by atoms with Crippen LogP contribution in [0, 0.1) is 18.6 Å². The molecule has 6 nitrogen and oxygen atoms in total. The van der Waals surface area contributed by atoms with Crippen molar-refractivity contribution >= 4 is 20.2 Å². The van der Waals surface area contributed by atoms with Crippen molar-refractivity contribution in [1.82, 2.24) is 0 Å². The predicted molar refractivity (Wildman–Crippen MR) is 144 cm³/mol. The Hall–Kier alpha value is -3.77. The van der Waals surface area contributed by atoms with Gasteiger partial charge >= 0.3 is 12.1 Å². The number of carbonyl (C=O) groups excluding carboxylic acids is 2. The van der Waals surface area contributed by atoms with Gasteiger partial charge in [0.15, 0.2) is 8.32 Å². The van der Waals surface area contributed by atoms with Crippen LogP contribution in [-0.2, 0) is 20.9 Å². The van der Waals surface area contributed by atoms with E-state index in [4.69, 9.17) is 14.9 Å². The smallest absolute Gasteiger partial charge is 0.417 e. The number of esters is 1. The second kappa shape index (κ2) is 12.0. The van der Waals surface area contributed by atoms with E-state index in [-0.39, 0.29) is 17.1 Å². The fourth-order valence-electron chi connectivity index (χ4n) is 4.17. The minimum absolute atomic E-state index is 0.0324. The first-order valence-corrected chi connectivity index (χ1v) is 15.9. The minimum atomic E-state index is -4.81. The highest BCUT2D eigenvalue weighted by Gasteiger charge is 2.51. The lowest BCUT2D eigenvalue weighted by Crippen LogP contribution is -2.32. The van der Waals surface area contributed by atoms with Crippen LogP contribution in [0.3, 0.4) is 0 Å². The van der Waals surface area contributed by atoms with Gasteiger partial charge in [-0.2, -0.15) is 13.2 Å². The van der Waals surface area contributed by atoms with Gasteiger partial charge in [0.05, 0.1) is 29.4 Å². The largest absolute Gasteiger partial charge is 0.465 e. The summed E-state index contributed by atoms with van der Waals surface area (Å²) in [6, 6.07) is 11.3. The summed E-state index contributed by atoms with van der Waals surface area (Å²) in [5, 5.41) is 0. The molecule has 12 heteroatoms. The second-order valence-corrected chi connectivity index (χ2v) is 14.9. The Labute approximate surface area is 235 Å². The van der Waals surface area contributed by atoms with Crippen molar-refractivity contribution in [2.24, 2.45) is 5.73 Å². The zero-order valence-corrected chi connectivity index (χ0v) is 24.1. The van der Waals surface area contributed by atoms with E-state index in [9.17, 15) is 31.5 Å². The molecule has 3 aromatic carbocycles. The highest BCUT2D eigenvalue weighted by Crippen LogP contribution is 2.55. The Kier molecular flexibility index (Phi) is 9.29. The molecule has 0 aliphatic heterocycles. The minimum Gasteiger partial charge on any atom is -0.465 e. The number of methoxy groups -OCH3 is 1. The van der Waals surface area contributed by atoms with E-state index in [1.165, 1.54) is 37.4 Å². The summed E-state index contributed by atoms with van der Waals surface area (Å²) in [5.74, 6) is -2.75. The topological polar surface area (TPSA) is 87.9 Å². The number of amides is 1. The zero-order valence-electron chi connectivity index (χ0n) is 23.1. The highest BCUT2D eigenvalue weighted by molar-refractivity contribution is 6.69. The Balaban J connectivity index is 0.000000352. The maximum Gasteiger partial charge on any atom is 0.417 e. The molecule has 3 aromatic rings. The summed E-state index contributed by atoms with van der Waals surface area (Å²) in [7, 11) is -0.868. The fraction of sp³-hybridized carbons (Fsp3) is 0.310. The van der Waals surface area contributed by atoms with Crippen LogP contribution in [0.1, 0.15) is 50.2 Å². The van der Waals surface area contributed by atoms with Crippen LogP contribution in [0.4, 0.5) is 22.0 Å². The number of hydrogen-bond acceptors (Lipinski definition) is 5. The Morgan fingerprint density at radius 1 is 0.927 bits per heavy atom. The number of ether oxygens (including phenoxy) is 2. The maximum atomic E-state index is 13.6. The molecule has 0 heterocycles. The molecule has 1 aliphatic carbocycles. The van der Waals surface area contributed by atoms with Crippen LogP contribution >= 0.6 is 0 Å². The Morgan fingerprint density at radius 2 is 1.56 bits per heavy atom. The van der Waals surface area contributed by atoms with Gasteiger partial charge in [-0.15, -0.1) is 0 Å². The number of nitrogens with two attached hydrogens (primary N) is 1. The summed E-state index contributed by atoms with van der Waals surface area (Å²) in [5.41, 5.74) is 3.34. The average Bonchev–Trinajstić information content (AvgIpc) is 3.63. The van der Waals surface area contributed by atoms with Gasteiger partial charge in [0.25, 0.3) is 0 Å². The molecular formula is C29H30F5NO5Si. The van der Waals surface area contributed by atoms with Gasteiger partial charge in [-0.25, -0.2) is 13.6 Å². The molecule has 0 atom stereocenters. The van der Waals surface area contributed by atoms with Gasteiger partial charge in [0.2, 0.25) is 5.91 Å². The van der Waals surface area contributed by atoms with E-state index < -0.39 is 54.7 Å². The SMILES string of the molecule is COC(=O)c1ccccc1F.Cc1cc(F)ccc1Oc1cc(C(F)(F)F)c(C(N)=O)cc1C1(O[Si](C)(C)C)CC1. The van der Waals surface area contributed by atoms with Crippen molar-refractivity contribution in [3.8, 4) is 11.5 Å². The molecule has 0 spiro atoms. The van der Waals surface area contributed by atoms with Crippen molar-refractivity contribution in [3.05, 3.63) is 94.0 Å². The van der Waals surface area contributed by atoms with Gasteiger partial charge in [-0.1, -0.05) is 12.1 Å². The van der Waals surface area contributed by atoms with E-state index >= 15 is 0 Å². The van der Waals surface area contributed by atoms with Gasteiger partial charge in [0, 0.05) is 5.56 Å². The van der Waals surface area contributed by atoms with Crippen molar-refractivity contribution in [2.45, 2.75) is 51.2 Å². The summed E-state index contributed by atoms with van der Waals surface area (Å²) in [4.78, 5) is 22.6. The normalized spacial score (nSPS) is 14.0. The summed E-state index contributed by atoms with van der Waals surface area (Å²) in [6.07, 6.45) is -3.64. The molecule has 41 heavy (non-hydrogen) atoms. The molecule has 220 valence electrons. The van der Waals surface area contributed by atoms with Crippen LogP contribution in [0.15, 0.2) is 54.6 Å². The lowest BCUT2D eigenvalue weighted by molar-refractivity contribution is -0.138. The van der Waals surface area contributed by atoms with Crippen LogP contribution in [0.25, 0.3) is 0 Å². The van der Waals surface area contributed by atoms with Gasteiger partial charge in [-0.05, 0) is 87.4 Å². The Morgan fingerprint density at radius 3 is 2.05 bits per heavy atom. The third-order valence-electron chi connectivity index (χ3n) is 6.02. The predicted octanol–water partition coefficient (Wildman–Crippen LogP) is 7.50. The number of carbonyl (C=O) groups is 2. The quantitative estimate of drug-likeness (QED) is 0.174. The molecule has 1 saturated carbocycles. The van der Waals surface area contributed by atoms with E-state index in [1.807, 2.05) is 19.6 Å². The first-order valence-electron chi connectivity index (χ1n) is 12.5. The van der Waals surface area contributed by atoms with E-state index in [0.29, 0.717) is 24.0 Å². The van der Waals surface area contributed by atoms with E-state index in [0.717, 1.165) is 18.2 Å². The monoisotopic (exact) mass is 595 g/mol. The molecule has 1 fully saturated rings. The Bertz CT molecular complexity index is 1450. The maximum absolute atomic E-state index is 13.6. The van der Waals surface area contributed by atoms with E-state index in [1.54, 1.807) is 13.0 Å². The first-order chi connectivity index (χ1) is 19.0. The van der Waals surface area contributed by atoms with Gasteiger partial charge < -0.3 is 19.6 Å². The lowest BCUT2D eigenvalue weighted by atomic mass is 9.97. The zero-order chi connectivity index (χ0) is 30.8. The van der Waals surface area contributed by atoms with Crippen LogP contribution in [0.5, 0.6) is 11.5 Å². The number of benzene rings is 3. The van der Waals surface area contributed by atoms with Crippen molar-refractivity contribution in [2.75, 3.05) is 7.11 Å². The van der Waals surface area contributed by atoms with Crippen molar-refractivity contribution in [1.29, 1.82) is 0 Å². The van der Waals surface area contributed by atoms with Crippen molar-refractivity contribution in [3.63, 3.8) is 0 Å². The molecule has 0 bridgehead atoms. The van der Waals surface area contributed by atoms with Crippen LogP contribution in [-0.4, -0.2) is 27.3 Å². The molecule has 2 N–H and O–H groups in total. The number of rotatable bonds is 7. The average molecular weight is 596 g/mol. The molecule has 0 unspecified atom stereocenters. The van der Waals surface area contributed by atoms with Crippen LogP contribution in [0.2, 0.25) is 19.6 Å². The highest BCUT2D eigenvalue weighted by atomic mass is 28.4. The van der Waals surface area contributed by atoms with E-state index in [2.05, 4.69) is 4.74 Å². The molecule has 1 aliphatic rings. The number of halogens is 5. The molecular weight excluding hydrogens is 565 g/mol. The first kappa shape index (κ1) is 31.8. The van der Waals surface area contributed by atoms with Gasteiger partial charge in [0.1, 0.15) is 23.1 Å².